The number of sulfone groups is 1. The van der Waals surface area contributed by atoms with Crippen LogP contribution in [0, 0.1) is 5.82 Å². The van der Waals surface area contributed by atoms with Crippen LogP contribution in [0.3, 0.4) is 0 Å². The van der Waals surface area contributed by atoms with Gasteiger partial charge in [-0.15, -0.1) is 0 Å². The minimum Gasteiger partial charge on any atom is -0.364 e. The van der Waals surface area contributed by atoms with E-state index in [4.69, 9.17) is 0 Å². The number of nitrogens with one attached hydrogen (secondary N) is 1. The average molecular weight is 371 g/mol. The lowest BCUT2D eigenvalue weighted by atomic mass is 10.1. The summed E-state index contributed by atoms with van der Waals surface area (Å²) in [7, 11) is -3.31. The van der Waals surface area contributed by atoms with Crippen LogP contribution in [0.2, 0.25) is 0 Å². The summed E-state index contributed by atoms with van der Waals surface area (Å²) in [5.41, 5.74) is 2.39. The Hall–Kier alpha value is -2.80. The number of nitrogens with zero attached hydrogens (tertiary/aromatic N) is 2. The minimum atomic E-state index is -3.31. The molecule has 0 aliphatic carbocycles. The Morgan fingerprint density at radius 1 is 1.00 bits per heavy atom. The summed E-state index contributed by atoms with van der Waals surface area (Å²) in [4.78, 5) is 8.53. The van der Waals surface area contributed by atoms with Gasteiger partial charge in [-0.2, -0.15) is 0 Å². The maximum absolute atomic E-state index is 13.0. The van der Waals surface area contributed by atoms with E-state index in [0.717, 1.165) is 17.4 Å². The average Bonchev–Trinajstić information content (AvgIpc) is 2.62. The molecule has 2 heterocycles. The third-order valence-electron chi connectivity index (χ3n) is 3.97. The van der Waals surface area contributed by atoms with Crippen molar-refractivity contribution < 1.29 is 12.8 Å². The molecule has 0 saturated carbocycles. The molecule has 0 aliphatic rings. The maximum Gasteiger partial charge on any atom is 0.177 e. The van der Waals surface area contributed by atoms with Crippen molar-refractivity contribution >= 4 is 15.7 Å². The zero-order valence-electron chi connectivity index (χ0n) is 14.3. The fraction of sp³-hybridized carbons (Fsp3) is 0.158. The molecule has 134 valence electrons. The highest BCUT2D eigenvalue weighted by Crippen LogP contribution is 2.23. The number of hydrogen-bond acceptors (Lipinski definition) is 5. The van der Waals surface area contributed by atoms with E-state index in [1.54, 1.807) is 30.6 Å². The summed E-state index contributed by atoms with van der Waals surface area (Å²) in [5.74, 6) is 0.395. The van der Waals surface area contributed by atoms with Crippen molar-refractivity contribution in [2.24, 2.45) is 0 Å². The second kappa shape index (κ2) is 7.21. The predicted molar refractivity (Wildman–Crippen MR) is 99.0 cm³/mol. The lowest BCUT2D eigenvalue weighted by molar-refractivity contribution is 0.601. The van der Waals surface area contributed by atoms with Gasteiger partial charge in [0.05, 0.1) is 4.90 Å². The van der Waals surface area contributed by atoms with Gasteiger partial charge in [-0.1, -0.05) is 12.1 Å². The van der Waals surface area contributed by atoms with E-state index in [9.17, 15) is 12.8 Å². The summed E-state index contributed by atoms with van der Waals surface area (Å²) < 4.78 is 36.3. The molecule has 0 bridgehead atoms. The number of hydrogen-bond donors (Lipinski definition) is 1. The highest BCUT2D eigenvalue weighted by molar-refractivity contribution is 7.90. The fourth-order valence-corrected chi connectivity index (χ4v) is 3.08. The van der Waals surface area contributed by atoms with Gasteiger partial charge in [0, 0.05) is 42.0 Å². The lowest BCUT2D eigenvalue weighted by Crippen LogP contribution is -2.07. The first kappa shape index (κ1) is 18.0. The van der Waals surface area contributed by atoms with Crippen LogP contribution in [0.4, 0.5) is 10.2 Å². The molecule has 7 heteroatoms. The van der Waals surface area contributed by atoms with Gasteiger partial charge in [-0.25, -0.2) is 17.8 Å². The number of rotatable bonds is 5. The zero-order valence-corrected chi connectivity index (χ0v) is 15.2. The molecule has 3 aromatic rings. The first-order valence-corrected chi connectivity index (χ1v) is 9.85. The number of benzene rings is 1. The highest BCUT2D eigenvalue weighted by Gasteiger charge is 2.10. The number of anilines is 1. The van der Waals surface area contributed by atoms with Crippen molar-refractivity contribution in [1.82, 2.24) is 9.97 Å². The SMILES string of the molecule is C[C@@H](Nc1ccc(-c2cncc(S(C)(=O)=O)c2)cn1)c1ccc(F)cc1. The van der Waals surface area contributed by atoms with Crippen molar-refractivity contribution in [1.29, 1.82) is 0 Å². The van der Waals surface area contributed by atoms with E-state index in [2.05, 4.69) is 15.3 Å². The molecule has 0 fully saturated rings. The molecule has 0 unspecified atom stereocenters. The van der Waals surface area contributed by atoms with Crippen LogP contribution in [-0.4, -0.2) is 24.6 Å². The molecule has 0 amide bonds. The molecule has 0 radical (unpaired) electrons. The Labute approximate surface area is 151 Å². The third kappa shape index (κ3) is 4.23. The van der Waals surface area contributed by atoms with Crippen molar-refractivity contribution in [2.45, 2.75) is 17.9 Å². The van der Waals surface area contributed by atoms with Crippen molar-refractivity contribution in [2.75, 3.05) is 11.6 Å². The van der Waals surface area contributed by atoms with Crippen LogP contribution in [0.25, 0.3) is 11.1 Å². The minimum absolute atomic E-state index is 0.0378. The normalized spacial score (nSPS) is 12.6. The molecule has 0 saturated heterocycles. The molecule has 1 aromatic carbocycles. The van der Waals surface area contributed by atoms with Gasteiger partial charge in [0.15, 0.2) is 9.84 Å². The molecule has 1 atom stereocenters. The van der Waals surface area contributed by atoms with Crippen LogP contribution >= 0.6 is 0 Å². The largest absolute Gasteiger partial charge is 0.364 e. The smallest absolute Gasteiger partial charge is 0.177 e. The third-order valence-corrected chi connectivity index (χ3v) is 5.05. The summed E-state index contributed by atoms with van der Waals surface area (Å²) in [5, 5.41) is 3.25. The Kier molecular flexibility index (Phi) is 4.99. The topological polar surface area (TPSA) is 72.0 Å². The Balaban J connectivity index is 1.77. The van der Waals surface area contributed by atoms with Gasteiger partial charge < -0.3 is 5.32 Å². The second-order valence-corrected chi connectivity index (χ2v) is 8.05. The van der Waals surface area contributed by atoms with Gasteiger partial charge in [0.2, 0.25) is 0 Å². The first-order chi connectivity index (χ1) is 12.3. The molecule has 0 aliphatic heterocycles. The molecule has 26 heavy (non-hydrogen) atoms. The van der Waals surface area contributed by atoms with E-state index in [0.29, 0.717) is 11.4 Å². The van der Waals surface area contributed by atoms with E-state index in [1.807, 2.05) is 19.1 Å². The van der Waals surface area contributed by atoms with Gasteiger partial charge in [-0.05, 0) is 42.8 Å². The first-order valence-electron chi connectivity index (χ1n) is 7.96. The Morgan fingerprint density at radius 3 is 2.35 bits per heavy atom. The van der Waals surface area contributed by atoms with Gasteiger partial charge in [-0.3, -0.25) is 4.98 Å². The van der Waals surface area contributed by atoms with Crippen LogP contribution in [0.15, 0.2) is 66.0 Å². The van der Waals surface area contributed by atoms with Crippen LogP contribution in [-0.2, 0) is 9.84 Å². The molecule has 1 N–H and O–H groups in total. The van der Waals surface area contributed by atoms with Gasteiger partial charge in [0.1, 0.15) is 11.6 Å². The van der Waals surface area contributed by atoms with Gasteiger partial charge in [0.25, 0.3) is 0 Å². The summed E-state index contributed by atoms with van der Waals surface area (Å²) in [6, 6.07) is 11.5. The molecule has 0 spiro atoms. The standard InChI is InChI=1S/C19H18FN3O2S/c1-13(14-3-6-17(20)7-4-14)23-19-8-5-15(11-22-19)16-9-18(12-21-10-16)26(2,24)25/h3-13H,1-2H3,(H,22,23)/t13-/m1/s1. The van der Waals surface area contributed by atoms with Gasteiger partial charge >= 0.3 is 0 Å². The van der Waals surface area contributed by atoms with Crippen LogP contribution in [0.1, 0.15) is 18.5 Å². The summed E-state index contributed by atoms with van der Waals surface area (Å²) in [6.07, 6.45) is 5.73. The van der Waals surface area contributed by atoms with Crippen molar-refractivity contribution in [3.8, 4) is 11.1 Å². The summed E-state index contributed by atoms with van der Waals surface area (Å²) in [6.45, 7) is 1.96. The van der Waals surface area contributed by atoms with Crippen molar-refractivity contribution in [3.63, 3.8) is 0 Å². The molecule has 3 rings (SSSR count). The zero-order chi connectivity index (χ0) is 18.7. The second-order valence-electron chi connectivity index (χ2n) is 6.03. The van der Waals surface area contributed by atoms with Crippen LogP contribution in [0.5, 0.6) is 0 Å². The Morgan fingerprint density at radius 2 is 1.73 bits per heavy atom. The highest BCUT2D eigenvalue weighted by atomic mass is 32.2. The van der Waals surface area contributed by atoms with E-state index >= 15 is 0 Å². The Bertz CT molecular complexity index is 1000. The number of pyridine rings is 2. The monoisotopic (exact) mass is 371 g/mol. The predicted octanol–water partition coefficient (Wildman–Crippen LogP) is 3.86. The van der Waals surface area contributed by atoms with E-state index in [-0.39, 0.29) is 16.8 Å². The maximum atomic E-state index is 13.0. The van der Waals surface area contributed by atoms with Crippen LogP contribution < -0.4 is 5.32 Å². The number of halogens is 1. The molecular weight excluding hydrogens is 353 g/mol. The lowest BCUT2D eigenvalue weighted by Gasteiger charge is -2.15. The van der Waals surface area contributed by atoms with Crippen molar-refractivity contribution in [3.05, 3.63) is 72.4 Å². The summed E-state index contributed by atoms with van der Waals surface area (Å²) >= 11 is 0. The molecular formula is C19H18FN3O2S. The molecule has 2 aromatic heterocycles. The number of aromatic nitrogens is 2. The van der Waals surface area contributed by atoms with E-state index in [1.165, 1.54) is 18.3 Å². The fourth-order valence-electron chi connectivity index (χ4n) is 2.49. The quantitative estimate of drug-likeness (QED) is 0.737. The molecule has 5 nitrogen and oxygen atoms in total. The van der Waals surface area contributed by atoms with E-state index < -0.39 is 9.84 Å².